The second-order valence-electron chi connectivity index (χ2n) is 3.74. The zero-order valence-electron chi connectivity index (χ0n) is 10.8. The van der Waals surface area contributed by atoms with Gasteiger partial charge in [-0.05, 0) is 31.3 Å². The van der Waals surface area contributed by atoms with Crippen LogP contribution in [0.5, 0.6) is 0 Å². The molecule has 6 nitrogen and oxygen atoms in total. The number of anilines is 1. The Labute approximate surface area is 121 Å². The van der Waals surface area contributed by atoms with Gasteiger partial charge in [-0.3, -0.25) is 20.4 Å². The monoisotopic (exact) mass is 298 g/mol. The number of hydrazine groups is 1. The zero-order chi connectivity index (χ0) is 15.0. The summed E-state index contributed by atoms with van der Waals surface area (Å²) in [5, 5.41) is 5.31. The van der Waals surface area contributed by atoms with Crippen molar-refractivity contribution in [2.24, 2.45) is 0 Å². The maximum absolute atomic E-state index is 13.3. The molecule has 0 atom stereocenters. The fraction of sp³-hybridized carbons (Fsp3) is 0.250. The van der Waals surface area contributed by atoms with Crippen LogP contribution in [0.2, 0.25) is 0 Å². The number of halogens is 1. The summed E-state index contributed by atoms with van der Waals surface area (Å²) in [4.78, 5) is 23.0. The maximum atomic E-state index is 13.3. The van der Waals surface area contributed by atoms with Crippen molar-refractivity contribution in [3.05, 3.63) is 30.1 Å². The van der Waals surface area contributed by atoms with Gasteiger partial charge in [0.05, 0.1) is 5.69 Å². The van der Waals surface area contributed by atoms with E-state index in [1.807, 2.05) is 6.92 Å². The highest BCUT2D eigenvalue weighted by Gasteiger charge is 2.11. The fourth-order valence-corrected chi connectivity index (χ4v) is 1.47. The minimum atomic E-state index is -0.622. The first-order chi connectivity index (χ1) is 9.52. The summed E-state index contributed by atoms with van der Waals surface area (Å²) in [7, 11) is 0. The number of nitrogens with one attached hydrogen (secondary N) is 4. The molecule has 0 saturated carbocycles. The number of hydrogen-bond acceptors (Lipinski definition) is 3. The largest absolute Gasteiger partial charge is 0.362 e. The van der Waals surface area contributed by atoms with E-state index in [2.05, 4.69) is 21.5 Å². The van der Waals surface area contributed by atoms with E-state index in [1.54, 1.807) is 6.07 Å². The van der Waals surface area contributed by atoms with Crippen LogP contribution in [0, 0.1) is 5.82 Å². The summed E-state index contributed by atoms with van der Waals surface area (Å²) in [6.45, 7) is 2.45. The van der Waals surface area contributed by atoms with Gasteiger partial charge in [-0.15, -0.1) is 0 Å². The Morgan fingerprint density at radius 1 is 1.20 bits per heavy atom. The molecule has 0 spiro atoms. The Hall–Kier alpha value is -2.22. The van der Waals surface area contributed by atoms with Gasteiger partial charge in [-0.1, -0.05) is 12.1 Å². The average Bonchev–Trinajstić information content (AvgIpc) is 2.39. The first-order valence-electron chi connectivity index (χ1n) is 5.90. The van der Waals surface area contributed by atoms with Gasteiger partial charge in [0.2, 0.25) is 11.8 Å². The zero-order valence-corrected chi connectivity index (χ0v) is 11.6. The van der Waals surface area contributed by atoms with Crippen LogP contribution in [0.3, 0.4) is 0 Å². The molecule has 0 saturated heterocycles. The molecule has 1 rings (SSSR count). The molecule has 1 aromatic rings. The molecule has 8 heteroatoms. The lowest BCUT2D eigenvalue weighted by Gasteiger charge is -2.10. The molecule has 0 fully saturated rings. The van der Waals surface area contributed by atoms with Gasteiger partial charge in [-0.25, -0.2) is 4.39 Å². The lowest BCUT2D eigenvalue weighted by atomic mass is 10.3. The Morgan fingerprint density at radius 3 is 2.55 bits per heavy atom. The van der Waals surface area contributed by atoms with Gasteiger partial charge in [0.1, 0.15) is 12.2 Å². The van der Waals surface area contributed by atoms with Crippen molar-refractivity contribution in [2.45, 2.75) is 13.3 Å². The third-order valence-electron chi connectivity index (χ3n) is 2.12. The molecule has 108 valence electrons. The van der Waals surface area contributed by atoms with Crippen LogP contribution in [-0.2, 0) is 9.59 Å². The third-order valence-corrected chi connectivity index (χ3v) is 2.37. The topological polar surface area (TPSA) is 82.3 Å². The highest BCUT2D eigenvalue weighted by molar-refractivity contribution is 7.80. The van der Waals surface area contributed by atoms with Gasteiger partial charge in [0, 0.05) is 6.54 Å². The van der Waals surface area contributed by atoms with Crippen molar-refractivity contribution in [3.8, 4) is 0 Å². The van der Waals surface area contributed by atoms with Crippen molar-refractivity contribution in [1.29, 1.82) is 0 Å². The summed E-state index contributed by atoms with van der Waals surface area (Å²) in [5.41, 5.74) is 4.71. The van der Waals surface area contributed by atoms with Crippen LogP contribution in [0.15, 0.2) is 24.3 Å². The maximum Gasteiger partial charge on any atom is 0.247 e. The summed E-state index contributed by atoms with van der Waals surface area (Å²) in [5.74, 6) is -1.77. The molecule has 0 bridgehead atoms. The van der Waals surface area contributed by atoms with Crippen molar-refractivity contribution < 1.29 is 14.0 Å². The van der Waals surface area contributed by atoms with Gasteiger partial charge in [0.15, 0.2) is 5.11 Å². The number of rotatable bonds is 4. The first-order valence-corrected chi connectivity index (χ1v) is 6.30. The van der Waals surface area contributed by atoms with E-state index < -0.39 is 24.1 Å². The number of thiocarbonyl (C=S) groups is 1. The van der Waals surface area contributed by atoms with Crippen LogP contribution in [0.4, 0.5) is 10.1 Å². The Kier molecular flexibility index (Phi) is 6.38. The molecule has 0 unspecified atom stereocenters. The molecule has 1 aromatic carbocycles. The van der Waals surface area contributed by atoms with Crippen molar-refractivity contribution >= 4 is 34.8 Å². The Morgan fingerprint density at radius 2 is 1.90 bits per heavy atom. The van der Waals surface area contributed by atoms with E-state index >= 15 is 0 Å². The SMILES string of the molecule is CCNC(=S)NNC(=O)CC(=O)Nc1ccccc1F. The number of para-hydroxylation sites is 1. The molecular formula is C12H15FN4O2S. The highest BCUT2D eigenvalue weighted by atomic mass is 32.1. The van der Waals surface area contributed by atoms with Gasteiger partial charge >= 0.3 is 0 Å². The number of benzene rings is 1. The van der Waals surface area contributed by atoms with Gasteiger partial charge in [0.25, 0.3) is 0 Å². The quantitative estimate of drug-likeness (QED) is 0.373. The van der Waals surface area contributed by atoms with Crippen LogP contribution in [0.25, 0.3) is 0 Å². The summed E-state index contributed by atoms with van der Waals surface area (Å²) in [6, 6.07) is 5.70. The third kappa shape index (κ3) is 5.61. The normalized spacial score (nSPS) is 9.50. The summed E-state index contributed by atoms with van der Waals surface area (Å²) in [6.07, 6.45) is -0.448. The van der Waals surface area contributed by atoms with E-state index in [1.165, 1.54) is 18.2 Å². The molecular weight excluding hydrogens is 283 g/mol. The van der Waals surface area contributed by atoms with Crippen LogP contribution >= 0.6 is 12.2 Å². The number of amides is 2. The first kappa shape index (κ1) is 15.8. The van der Waals surface area contributed by atoms with E-state index in [0.29, 0.717) is 6.54 Å². The molecule has 0 aliphatic heterocycles. The smallest absolute Gasteiger partial charge is 0.247 e. The summed E-state index contributed by atoms with van der Waals surface area (Å²) < 4.78 is 13.3. The van der Waals surface area contributed by atoms with E-state index in [-0.39, 0.29) is 10.8 Å². The van der Waals surface area contributed by atoms with Crippen LogP contribution in [0.1, 0.15) is 13.3 Å². The number of hydrogen-bond donors (Lipinski definition) is 4. The number of carbonyl (C=O) groups is 2. The lowest BCUT2D eigenvalue weighted by Crippen LogP contribution is -2.47. The number of carbonyl (C=O) groups excluding carboxylic acids is 2. The summed E-state index contributed by atoms with van der Waals surface area (Å²) >= 11 is 4.82. The van der Waals surface area contributed by atoms with Gasteiger partial charge < -0.3 is 10.6 Å². The molecule has 4 N–H and O–H groups in total. The highest BCUT2D eigenvalue weighted by Crippen LogP contribution is 2.12. The minimum Gasteiger partial charge on any atom is -0.362 e. The van der Waals surface area contributed by atoms with E-state index in [0.717, 1.165) is 0 Å². The van der Waals surface area contributed by atoms with Crippen molar-refractivity contribution in [2.75, 3.05) is 11.9 Å². The molecule has 2 amide bonds. The molecule has 0 radical (unpaired) electrons. The van der Waals surface area contributed by atoms with E-state index in [4.69, 9.17) is 12.2 Å². The second-order valence-corrected chi connectivity index (χ2v) is 4.15. The molecule has 0 heterocycles. The predicted molar refractivity (Wildman–Crippen MR) is 77.2 cm³/mol. The van der Waals surface area contributed by atoms with E-state index in [9.17, 15) is 14.0 Å². The molecule has 20 heavy (non-hydrogen) atoms. The average molecular weight is 298 g/mol. The van der Waals surface area contributed by atoms with Crippen molar-refractivity contribution in [1.82, 2.24) is 16.2 Å². The van der Waals surface area contributed by atoms with Crippen LogP contribution in [-0.4, -0.2) is 23.5 Å². The second kappa shape index (κ2) is 8.05. The van der Waals surface area contributed by atoms with Crippen molar-refractivity contribution in [3.63, 3.8) is 0 Å². The Balaban J connectivity index is 2.37. The standard InChI is InChI=1S/C12H15FN4O2S/c1-2-14-12(20)17-16-11(19)7-10(18)15-9-6-4-3-5-8(9)13/h3-6H,2,7H2,1H3,(H,15,18)(H,16,19)(H2,14,17,20). The van der Waals surface area contributed by atoms with Gasteiger partial charge in [-0.2, -0.15) is 0 Å². The molecule has 0 aromatic heterocycles. The fourth-order valence-electron chi connectivity index (χ4n) is 1.28. The lowest BCUT2D eigenvalue weighted by molar-refractivity contribution is -0.127. The molecule has 0 aliphatic rings. The molecule has 0 aliphatic carbocycles. The van der Waals surface area contributed by atoms with Crippen LogP contribution < -0.4 is 21.5 Å². The predicted octanol–water partition coefficient (Wildman–Crippen LogP) is 0.670. The minimum absolute atomic E-state index is 0.0291. The Bertz CT molecular complexity index is 510.